The third-order valence-corrected chi connectivity index (χ3v) is 3.76. The van der Waals surface area contributed by atoms with Gasteiger partial charge in [0.25, 0.3) is 0 Å². The van der Waals surface area contributed by atoms with Crippen molar-refractivity contribution in [3.05, 3.63) is 11.6 Å². The molecule has 1 saturated carbocycles. The summed E-state index contributed by atoms with van der Waals surface area (Å²) in [5, 5.41) is 9.94. The van der Waals surface area contributed by atoms with Crippen LogP contribution in [-0.4, -0.2) is 11.2 Å². The Morgan fingerprint density at radius 1 is 1.36 bits per heavy atom. The van der Waals surface area contributed by atoms with Crippen LogP contribution in [-0.2, 0) is 0 Å². The molecule has 0 aliphatic heterocycles. The van der Waals surface area contributed by atoms with Gasteiger partial charge in [0.2, 0.25) is 0 Å². The van der Waals surface area contributed by atoms with Crippen LogP contribution in [0.3, 0.4) is 0 Å². The second-order valence-corrected chi connectivity index (χ2v) is 5.27. The molecule has 14 heavy (non-hydrogen) atoms. The number of hydrogen-bond donors (Lipinski definition) is 1. The lowest BCUT2D eigenvalue weighted by Crippen LogP contribution is -2.18. The van der Waals surface area contributed by atoms with Crippen LogP contribution in [0.15, 0.2) is 11.6 Å². The van der Waals surface area contributed by atoms with E-state index < -0.39 is 0 Å². The summed E-state index contributed by atoms with van der Waals surface area (Å²) in [6.45, 7) is 4.24. The summed E-state index contributed by atoms with van der Waals surface area (Å²) in [5.74, 6) is 1.75. The third-order valence-electron chi connectivity index (χ3n) is 3.76. The average Bonchev–Trinajstić information content (AvgIpc) is 2.97. The van der Waals surface area contributed by atoms with Crippen LogP contribution in [0.2, 0.25) is 0 Å². The first-order valence-corrected chi connectivity index (χ1v) is 6.07. The molecule has 0 bridgehead atoms. The van der Waals surface area contributed by atoms with Gasteiger partial charge in [0.05, 0.1) is 6.10 Å². The first kappa shape index (κ1) is 10.2. The van der Waals surface area contributed by atoms with Crippen molar-refractivity contribution < 1.29 is 5.11 Å². The molecule has 1 N–H and O–H groups in total. The Balaban J connectivity index is 1.88. The van der Waals surface area contributed by atoms with Gasteiger partial charge in [0.15, 0.2) is 0 Å². The van der Waals surface area contributed by atoms with Crippen LogP contribution in [0.4, 0.5) is 0 Å². The molecular weight excluding hydrogens is 172 g/mol. The minimum atomic E-state index is -0.0668. The third kappa shape index (κ3) is 2.03. The quantitative estimate of drug-likeness (QED) is 0.684. The summed E-state index contributed by atoms with van der Waals surface area (Å²) in [7, 11) is 0. The molecule has 0 amide bonds. The van der Waals surface area contributed by atoms with Crippen molar-refractivity contribution in [3.63, 3.8) is 0 Å². The summed E-state index contributed by atoms with van der Waals surface area (Å²) >= 11 is 0. The predicted octanol–water partition coefficient (Wildman–Crippen LogP) is 3.14. The molecule has 1 nitrogen and oxygen atoms in total. The lowest BCUT2D eigenvalue weighted by molar-refractivity contribution is 0.0991. The van der Waals surface area contributed by atoms with Crippen molar-refractivity contribution in [2.45, 2.75) is 52.1 Å². The number of aliphatic hydroxyl groups is 1. The van der Waals surface area contributed by atoms with Gasteiger partial charge in [0.1, 0.15) is 0 Å². The second kappa shape index (κ2) is 4.06. The first-order chi connectivity index (χ1) is 6.70. The highest BCUT2D eigenvalue weighted by molar-refractivity contribution is 5.18. The fourth-order valence-electron chi connectivity index (χ4n) is 2.71. The molecule has 2 rings (SSSR count). The van der Waals surface area contributed by atoms with Gasteiger partial charge in [-0.25, -0.2) is 0 Å². The Kier molecular flexibility index (Phi) is 2.96. The normalized spacial score (nSPS) is 34.1. The van der Waals surface area contributed by atoms with E-state index in [4.69, 9.17) is 0 Å². The molecule has 1 heteroatoms. The lowest BCUT2D eigenvalue weighted by Gasteiger charge is -2.16. The molecular formula is C13H22O. The van der Waals surface area contributed by atoms with Crippen LogP contribution >= 0.6 is 0 Å². The van der Waals surface area contributed by atoms with Crippen molar-refractivity contribution in [3.8, 4) is 0 Å². The SMILES string of the molecule is CC(C)[C@@H](O)[C@@H]1C[C@H]1C1=CCCCC1. The maximum atomic E-state index is 9.94. The maximum Gasteiger partial charge on any atom is 0.0597 e. The molecule has 0 aromatic carbocycles. The van der Waals surface area contributed by atoms with Gasteiger partial charge in [-0.05, 0) is 49.9 Å². The van der Waals surface area contributed by atoms with Crippen molar-refractivity contribution >= 4 is 0 Å². The fourth-order valence-corrected chi connectivity index (χ4v) is 2.71. The van der Waals surface area contributed by atoms with E-state index in [9.17, 15) is 5.11 Å². The Labute approximate surface area is 87.2 Å². The molecule has 2 aliphatic carbocycles. The largest absolute Gasteiger partial charge is 0.393 e. The molecule has 0 heterocycles. The Morgan fingerprint density at radius 2 is 2.14 bits per heavy atom. The van der Waals surface area contributed by atoms with E-state index in [-0.39, 0.29) is 6.10 Å². The van der Waals surface area contributed by atoms with Crippen LogP contribution in [0.5, 0.6) is 0 Å². The molecule has 0 radical (unpaired) electrons. The standard InChI is InChI=1S/C13H22O/c1-9(2)13(14)12-8-11(12)10-6-4-3-5-7-10/h6,9,11-14H,3-5,7-8H2,1-2H3/t11-,12+,13+/m0/s1. The summed E-state index contributed by atoms with van der Waals surface area (Å²) in [6.07, 6.45) is 8.91. The number of aliphatic hydroxyl groups excluding tert-OH is 1. The van der Waals surface area contributed by atoms with Gasteiger partial charge < -0.3 is 5.11 Å². The van der Waals surface area contributed by atoms with Crippen LogP contribution in [0, 0.1) is 17.8 Å². The lowest BCUT2D eigenvalue weighted by atomic mass is 9.93. The Morgan fingerprint density at radius 3 is 2.71 bits per heavy atom. The molecule has 0 aromatic heterocycles. The highest BCUT2D eigenvalue weighted by atomic mass is 16.3. The van der Waals surface area contributed by atoms with Crippen molar-refractivity contribution in [1.29, 1.82) is 0 Å². The van der Waals surface area contributed by atoms with Gasteiger partial charge >= 0.3 is 0 Å². The molecule has 80 valence electrons. The molecule has 2 aliphatic rings. The number of allylic oxidation sites excluding steroid dienone is 2. The van der Waals surface area contributed by atoms with E-state index in [0.29, 0.717) is 11.8 Å². The highest BCUT2D eigenvalue weighted by Gasteiger charge is 2.44. The Hall–Kier alpha value is -0.300. The number of hydrogen-bond acceptors (Lipinski definition) is 1. The Bertz CT molecular complexity index is 229. The second-order valence-electron chi connectivity index (χ2n) is 5.27. The van der Waals surface area contributed by atoms with Crippen molar-refractivity contribution in [2.75, 3.05) is 0 Å². The van der Waals surface area contributed by atoms with E-state index in [1.54, 1.807) is 5.57 Å². The van der Waals surface area contributed by atoms with Crippen LogP contribution in [0.1, 0.15) is 46.0 Å². The first-order valence-electron chi connectivity index (χ1n) is 6.07. The van der Waals surface area contributed by atoms with Crippen LogP contribution < -0.4 is 0 Å². The van der Waals surface area contributed by atoms with E-state index in [1.807, 2.05) is 0 Å². The molecule has 0 aromatic rings. The van der Waals surface area contributed by atoms with E-state index in [1.165, 1.54) is 32.1 Å². The zero-order chi connectivity index (χ0) is 10.1. The van der Waals surface area contributed by atoms with Gasteiger partial charge in [-0.15, -0.1) is 0 Å². The summed E-state index contributed by atoms with van der Waals surface area (Å²) in [5.41, 5.74) is 1.65. The minimum Gasteiger partial charge on any atom is -0.393 e. The topological polar surface area (TPSA) is 20.2 Å². The average molecular weight is 194 g/mol. The van der Waals surface area contributed by atoms with E-state index in [2.05, 4.69) is 19.9 Å². The highest BCUT2D eigenvalue weighted by Crippen LogP contribution is 2.50. The minimum absolute atomic E-state index is 0.0668. The summed E-state index contributed by atoms with van der Waals surface area (Å²) in [6, 6.07) is 0. The maximum absolute atomic E-state index is 9.94. The predicted molar refractivity (Wildman–Crippen MR) is 59.0 cm³/mol. The van der Waals surface area contributed by atoms with Crippen molar-refractivity contribution in [2.24, 2.45) is 17.8 Å². The van der Waals surface area contributed by atoms with Gasteiger partial charge in [-0.3, -0.25) is 0 Å². The monoisotopic (exact) mass is 194 g/mol. The fraction of sp³-hybridized carbons (Fsp3) is 0.846. The zero-order valence-electron chi connectivity index (χ0n) is 9.37. The molecule has 0 unspecified atom stereocenters. The van der Waals surface area contributed by atoms with Gasteiger partial charge in [-0.2, -0.15) is 0 Å². The van der Waals surface area contributed by atoms with Crippen LogP contribution in [0.25, 0.3) is 0 Å². The zero-order valence-corrected chi connectivity index (χ0v) is 9.37. The number of rotatable bonds is 3. The van der Waals surface area contributed by atoms with E-state index >= 15 is 0 Å². The summed E-state index contributed by atoms with van der Waals surface area (Å²) in [4.78, 5) is 0. The smallest absolute Gasteiger partial charge is 0.0597 e. The van der Waals surface area contributed by atoms with Crippen molar-refractivity contribution in [1.82, 2.24) is 0 Å². The molecule has 0 spiro atoms. The molecule has 0 saturated heterocycles. The van der Waals surface area contributed by atoms with Gasteiger partial charge in [-0.1, -0.05) is 25.5 Å². The summed E-state index contributed by atoms with van der Waals surface area (Å²) < 4.78 is 0. The molecule has 3 atom stereocenters. The molecule has 1 fully saturated rings. The van der Waals surface area contributed by atoms with E-state index in [0.717, 1.165) is 5.92 Å². The van der Waals surface area contributed by atoms with Gasteiger partial charge in [0, 0.05) is 0 Å².